The summed E-state index contributed by atoms with van der Waals surface area (Å²) in [6.07, 6.45) is 2.04. The number of anilines is 1. The maximum atomic E-state index is 12.3. The minimum Gasteiger partial charge on any atom is -0.452 e. The highest BCUT2D eigenvalue weighted by Gasteiger charge is 2.30. The Morgan fingerprint density at radius 2 is 2.17 bits per heavy atom. The molecule has 9 heteroatoms. The maximum Gasteiger partial charge on any atom is 0.338 e. The van der Waals surface area contributed by atoms with Gasteiger partial charge in [-0.1, -0.05) is 20.8 Å². The molecule has 1 N–H and O–H groups in total. The van der Waals surface area contributed by atoms with Crippen molar-refractivity contribution in [3.8, 4) is 6.07 Å². The molecule has 0 radical (unpaired) electrons. The molecule has 9 nitrogen and oxygen atoms in total. The number of nitro groups is 1. The summed E-state index contributed by atoms with van der Waals surface area (Å²) in [5.41, 5.74) is -0.784. The molecule has 1 amide bonds. The van der Waals surface area contributed by atoms with Gasteiger partial charge in [0.05, 0.1) is 16.6 Å². The quantitative estimate of drug-likeness (QED) is 0.411. The number of rotatable bonds is 7. The molecule has 1 saturated heterocycles. The third-order valence-corrected chi connectivity index (χ3v) is 5.53. The van der Waals surface area contributed by atoms with E-state index in [1.54, 1.807) is 26.8 Å². The van der Waals surface area contributed by atoms with Gasteiger partial charge in [-0.25, -0.2) is 4.79 Å². The first-order valence-corrected chi connectivity index (χ1v) is 10.00. The van der Waals surface area contributed by atoms with Crippen molar-refractivity contribution < 1.29 is 19.2 Å². The number of carbonyl (C=O) groups excluding carboxylic acids is 2. The highest BCUT2D eigenvalue weighted by Crippen LogP contribution is 2.32. The average Bonchev–Trinajstić information content (AvgIpc) is 2.71. The van der Waals surface area contributed by atoms with Crippen LogP contribution in [0.4, 0.5) is 11.4 Å². The van der Waals surface area contributed by atoms with E-state index < -0.39 is 28.9 Å². The second-order valence-electron chi connectivity index (χ2n) is 8.25. The van der Waals surface area contributed by atoms with Crippen molar-refractivity contribution in [2.75, 3.05) is 24.6 Å². The van der Waals surface area contributed by atoms with Gasteiger partial charge in [0.1, 0.15) is 11.2 Å². The lowest BCUT2D eigenvalue weighted by Gasteiger charge is -2.32. The minimum absolute atomic E-state index is 0.00443. The molecule has 1 aromatic rings. The van der Waals surface area contributed by atoms with Crippen LogP contribution in [0.15, 0.2) is 18.2 Å². The number of hydrogen-bond acceptors (Lipinski definition) is 7. The topological polar surface area (TPSA) is 126 Å². The van der Waals surface area contributed by atoms with E-state index in [0.29, 0.717) is 11.6 Å². The highest BCUT2D eigenvalue weighted by atomic mass is 16.6. The van der Waals surface area contributed by atoms with Gasteiger partial charge < -0.3 is 15.0 Å². The van der Waals surface area contributed by atoms with Crippen LogP contribution >= 0.6 is 0 Å². The second kappa shape index (κ2) is 9.57. The Bertz CT molecular complexity index is 863. The number of hydrogen-bond donors (Lipinski definition) is 1. The lowest BCUT2D eigenvalue weighted by atomic mass is 9.90. The fourth-order valence-corrected chi connectivity index (χ4v) is 3.31. The summed E-state index contributed by atoms with van der Waals surface area (Å²) in [6, 6.07) is 6.24. The molecular formula is C21H28N4O5. The monoisotopic (exact) mass is 416 g/mol. The van der Waals surface area contributed by atoms with Crippen LogP contribution in [-0.2, 0) is 9.53 Å². The number of esters is 1. The maximum absolute atomic E-state index is 12.3. The molecule has 0 unspecified atom stereocenters. The molecular weight excluding hydrogens is 388 g/mol. The summed E-state index contributed by atoms with van der Waals surface area (Å²) in [5.74, 6) is -1.16. The van der Waals surface area contributed by atoms with Crippen LogP contribution in [0.2, 0.25) is 0 Å². The fraction of sp³-hybridized carbons (Fsp3) is 0.571. The Balaban J connectivity index is 2.09. The van der Waals surface area contributed by atoms with Crippen LogP contribution in [0.25, 0.3) is 0 Å². The van der Waals surface area contributed by atoms with Crippen LogP contribution in [0.5, 0.6) is 0 Å². The molecule has 30 heavy (non-hydrogen) atoms. The Labute approximate surface area is 176 Å². The molecule has 162 valence electrons. The Morgan fingerprint density at radius 1 is 1.47 bits per heavy atom. The zero-order valence-electron chi connectivity index (χ0n) is 17.8. The third kappa shape index (κ3) is 5.47. The van der Waals surface area contributed by atoms with Crippen LogP contribution in [0.1, 0.15) is 50.9 Å². The van der Waals surface area contributed by atoms with Crippen molar-refractivity contribution >= 4 is 23.3 Å². The average molecular weight is 416 g/mol. The van der Waals surface area contributed by atoms with E-state index in [4.69, 9.17) is 4.74 Å². The zero-order valence-corrected chi connectivity index (χ0v) is 17.8. The zero-order chi connectivity index (χ0) is 22.5. The number of carbonyl (C=O) groups is 2. The molecule has 0 aliphatic carbocycles. The van der Waals surface area contributed by atoms with E-state index in [1.807, 2.05) is 11.0 Å². The largest absolute Gasteiger partial charge is 0.452 e. The van der Waals surface area contributed by atoms with Gasteiger partial charge in [0.15, 0.2) is 6.61 Å². The number of ether oxygens (including phenoxy) is 1. The minimum atomic E-state index is -1.09. The van der Waals surface area contributed by atoms with E-state index in [1.165, 1.54) is 12.1 Å². The standard InChI is InChI=1S/C21H28N4O5/c1-14(2)21(4,13-22)23-19(26)12-30-20(27)16-7-8-17(18(10-16)25(28)29)24-9-5-6-15(3)11-24/h7-8,10,14-15H,5-6,9,11-12H2,1-4H3,(H,23,26)/t15-,21+/m0/s1. The van der Waals surface area contributed by atoms with Crippen molar-refractivity contribution in [1.82, 2.24) is 5.32 Å². The Kier molecular flexibility index (Phi) is 7.38. The van der Waals surface area contributed by atoms with Gasteiger partial charge >= 0.3 is 5.97 Å². The van der Waals surface area contributed by atoms with Crippen LogP contribution in [0, 0.1) is 33.3 Å². The predicted molar refractivity (Wildman–Crippen MR) is 111 cm³/mol. The Hall–Kier alpha value is -3.15. The van der Waals surface area contributed by atoms with Gasteiger partial charge in [-0.3, -0.25) is 14.9 Å². The van der Waals surface area contributed by atoms with E-state index in [-0.39, 0.29) is 17.2 Å². The van der Waals surface area contributed by atoms with E-state index in [2.05, 4.69) is 12.2 Å². The molecule has 1 heterocycles. The summed E-state index contributed by atoms with van der Waals surface area (Å²) in [7, 11) is 0. The molecule has 2 atom stereocenters. The number of nitro benzene ring substituents is 1. The third-order valence-electron chi connectivity index (χ3n) is 5.53. The molecule has 1 aliphatic heterocycles. The van der Waals surface area contributed by atoms with Gasteiger partial charge in [-0.2, -0.15) is 5.26 Å². The van der Waals surface area contributed by atoms with Gasteiger partial charge in [0.2, 0.25) is 0 Å². The summed E-state index contributed by atoms with van der Waals surface area (Å²) in [5, 5.41) is 23.4. The van der Waals surface area contributed by atoms with Gasteiger partial charge in [0, 0.05) is 19.2 Å². The summed E-state index contributed by atoms with van der Waals surface area (Å²) in [4.78, 5) is 37.4. The molecule has 0 aromatic heterocycles. The van der Waals surface area contributed by atoms with Crippen LogP contribution < -0.4 is 10.2 Å². The molecule has 0 saturated carbocycles. The van der Waals surface area contributed by atoms with E-state index >= 15 is 0 Å². The number of amides is 1. The molecule has 1 aromatic carbocycles. The fourth-order valence-electron chi connectivity index (χ4n) is 3.31. The van der Waals surface area contributed by atoms with Crippen molar-refractivity contribution in [3.05, 3.63) is 33.9 Å². The van der Waals surface area contributed by atoms with Crippen molar-refractivity contribution in [3.63, 3.8) is 0 Å². The molecule has 2 rings (SSSR count). The normalized spacial score (nSPS) is 18.3. The number of nitrogens with zero attached hydrogens (tertiary/aromatic N) is 3. The van der Waals surface area contributed by atoms with E-state index in [0.717, 1.165) is 25.9 Å². The number of benzene rings is 1. The lowest BCUT2D eigenvalue weighted by Crippen LogP contribution is -2.50. The molecule has 1 aliphatic rings. The first-order chi connectivity index (χ1) is 14.1. The van der Waals surface area contributed by atoms with E-state index in [9.17, 15) is 25.0 Å². The summed E-state index contributed by atoms with van der Waals surface area (Å²) < 4.78 is 5.00. The van der Waals surface area contributed by atoms with Gasteiger partial charge in [-0.05, 0) is 43.7 Å². The number of nitrogens with one attached hydrogen (secondary N) is 1. The van der Waals surface area contributed by atoms with Crippen molar-refractivity contribution in [1.29, 1.82) is 5.26 Å². The first kappa shape index (κ1) is 23.1. The Morgan fingerprint density at radius 3 is 2.73 bits per heavy atom. The lowest BCUT2D eigenvalue weighted by molar-refractivity contribution is -0.384. The first-order valence-electron chi connectivity index (χ1n) is 10.00. The van der Waals surface area contributed by atoms with Crippen molar-refractivity contribution in [2.24, 2.45) is 11.8 Å². The summed E-state index contributed by atoms with van der Waals surface area (Å²) in [6.45, 7) is 8.13. The van der Waals surface area contributed by atoms with Gasteiger partial charge in [0.25, 0.3) is 11.6 Å². The molecule has 0 spiro atoms. The highest BCUT2D eigenvalue weighted by molar-refractivity contribution is 5.93. The second-order valence-corrected chi connectivity index (χ2v) is 8.25. The SMILES string of the molecule is CC(C)[C@@](C)(C#N)NC(=O)COC(=O)c1ccc(N2CCC[C@H](C)C2)c([N+](=O)[O-])c1. The van der Waals surface area contributed by atoms with Crippen LogP contribution in [0.3, 0.4) is 0 Å². The summed E-state index contributed by atoms with van der Waals surface area (Å²) >= 11 is 0. The van der Waals surface area contributed by atoms with Gasteiger partial charge in [-0.15, -0.1) is 0 Å². The van der Waals surface area contributed by atoms with Crippen LogP contribution in [-0.4, -0.2) is 42.0 Å². The predicted octanol–water partition coefficient (Wildman–Crippen LogP) is 3.04. The molecule has 1 fully saturated rings. The van der Waals surface area contributed by atoms with Crippen molar-refractivity contribution in [2.45, 2.75) is 46.1 Å². The molecule has 0 bridgehead atoms. The number of piperidine rings is 1. The smallest absolute Gasteiger partial charge is 0.338 e. The number of nitriles is 1.